The quantitative estimate of drug-likeness (QED) is 0.145. The standard InChI is InChI=1S/C30H44O2/c1-3-29(31)27-25-23-21-19-17-15-13-11-9-7-5-6-8-10-12-14-16-18-20-22-24-26-28-30(32)4-2/h1-2,5-6,29-32H,7-8,13-28H2/b6-5-/t29-,30-/m1/s1. The largest absolute Gasteiger partial charge is 0.380 e. The molecule has 0 spiro atoms. The average molecular weight is 437 g/mol. The molecule has 0 aliphatic heterocycles. The zero-order valence-electron chi connectivity index (χ0n) is 20.1. The third-order valence-corrected chi connectivity index (χ3v) is 5.30. The molecule has 0 unspecified atom stereocenters. The van der Waals surface area contributed by atoms with Gasteiger partial charge in [0.2, 0.25) is 0 Å². The first-order valence-corrected chi connectivity index (χ1v) is 12.6. The third-order valence-electron chi connectivity index (χ3n) is 5.30. The molecule has 2 heteroatoms. The lowest BCUT2D eigenvalue weighted by atomic mass is 10.1. The minimum Gasteiger partial charge on any atom is -0.380 e. The Morgan fingerprint density at radius 2 is 0.844 bits per heavy atom. The SMILES string of the molecule is C#C[C@@H](O)CCCCCCCCC#CC/C=C\CC#CCCCCCCCC[C@H](O)C#C. The molecule has 0 aliphatic carbocycles. The highest BCUT2D eigenvalue weighted by molar-refractivity contribution is 5.08. The Morgan fingerprint density at radius 3 is 1.22 bits per heavy atom. The van der Waals surface area contributed by atoms with Gasteiger partial charge in [-0.15, -0.1) is 24.7 Å². The molecule has 0 fully saturated rings. The highest BCUT2D eigenvalue weighted by Crippen LogP contribution is 2.10. The molecule has 176 valence electrons. The Hall–Kier alpha value is -2.10. The molecular formula is C30H44O2. The Kier molecular flexibility index (Phi) is 23.5. The molecule has 0 saturated carbocycles. The molecule has 0 radical (unpaired) electrons. The molecule has 0 aromatic heterocycles. The molecule has 0 amide bonds. The predicted octanol–water partition coefficient (Wildman–Crippen LogP) is 6.56. The molecule has 0 saturated heterocycles. The summed E-state index contributed by atoms with van der Waals surface area (Å²) in [7, 11) is 0. The molecule has 0 bridgehead atoms. The summed E-state index contributed by atoms with van der Waals surface area (Å²) in [5.74, 6) is 17.6. The monoisotopic (exact) mass is 436 g/mol. The smallest absolute Gasteiger partial charge is 0.114 e. The molecule has 0 aliphatic rings. The van der Waals surface area contributed by atoms with Crippen LogP contribution in [0.25, 0.3) is 0 Å². The second kappa shape index (κ2) is 25.2. The molecule has 0 heterocycles. The maximum absolute atomic E-state index is 9.27. The summed E-state index contributed by atoms with van der Waals surface area (Å²) in [4.78, 5) is 0. The average Bonchev–Trinajstić information content (AvgIpc) is 2.81. The van der Waals surface area contributed by atoms with Crippen LogP contribution < -0.4 is 0 Å². The van der Waals surface area contributed by atoms with E-state index in [9.17, 15) is 10.2 Å². The number of hydrogen-bond donors (Lipinski definition) is 2. The number of unbranched alkanes of at least 4 members (excludes halogenated alkanes) is 12. The van der Waals surface area contributed by atoms with Crippen molar-refractivity contribution >= 4 is 0 Å². The van der Waals surface area contributed by atoms with Crippen LogP contribution in [0.1, 0.15) is 116 Å². The summed E-state index contributed by atoms with van der Waals surface area (Å²) in [6.07, 6.45) is 32.5. The van der Waals surface area contributed by atoms with Gasteiger partial charge in [0.15, 0.2) is 0 Å². The molecule has 0 aromatic rings. The van der Waals surface area contributed by atoms with E-state index in [1.807, 2.05) is 0 Å². The lowest BCUT2D eigenvalue weighted by Crippen LogP contribution is -2.01. The number of terminal acetylenes is 2. The second-order valence-corrected chi connectivity index (χ2v) is 8.27. The van der Waals surface area contributed by atoms with Gasteiger partial charge in [-0.25, -0.2) is 0 Å². The van der Waals surface area contributed by atoms with Crippen molar-refractivity contribution in [3.05, 3.63) is 12.2 Å². The van der Waals surface area contributed by atoms with E-state index < -0.39 is 12.2 Å². The number of aliphatic hydroxyl groups excluding tert-OH is 2. The van der Waals surface area contributed by atoms with Crippen molar-refractivity contribution in [1.82, 2.24) is 0 Å². The molecular weight excluding hydrogens is 392 g/mol. The van der Waals surface area contributed by atoms with Gasteiger partial charge in [0, 0.05) is 25.7 Å². The highest BCUT2D eigenvalue weighted by atomic mass is 16.3. The molecule has 0 rings (SSSR count). The summed E-state index contributed by atoms with van der Waals surface area (Å²) in [6.45, 7) is 0. The fourth-order valence-electron chi connectivity index (χ4n) is 3.29. The number of hydrogen-bond acceptors (Lipinski definition) is 2. The minimum atomic E-state index is -0.565. The summed E-state index contributed by atoms with van der Waals surface area (Å²) in [5, 5.41) is 18.5. The summed E-state index contributed by atoms with van der Waals surface area (Å²) in [6, 6.07) is 0. The zero-order chi connectivity index (χ0) is 23.5. The van der Waals surface area contributed by atoms with E-state index in [1.165, 1.54) is 51.4 Å². The van der Waals surface area contributed by atoms with E-state index in [2.05, 4.69) is 47.7 Å². The van der Waals surface area contributed by atoms with E-state index in [0.717, 1.165) is 64.2 Å². The van der Waals surface area contributed by atoms with E-state index in [1.54, 1.807) is 0 Å². The van der Waals surface area contributed by atoms with Crippen LogP contribution in [0.15, 0.2) is 12.2 Å². The second-order valence-electron chi connectivity index (χ2n) is 8.27. The summed E-state index contributed by atoms with van der Waals surface area (Å²) in [5.41, 5.74) is 0. The molecule has 2 nitrogen and oxygen atoms in total. The first kappa shape index (κ1) is 29.9. The van der Waals surface area contributed by atoms with Crippen LogP contribution in [0.5, 0.6) is 0 Å². The maximum atomic E-state index is 9.27. The third kappa shape index (κ3) is 24.2. The van der Waals surface area contributed by atoms with E-state index in [0.29, 0.717) is 0 Å². The van der Waals surface area contributed by atoms with Gasteiger partial charge in [-0.2, -0.15) is 0 Å². The van der Waals surface area contributed by atoms with Gasteiger partial charge in [0.1, 0.15) is 12.2 Å². The van der Waals surface area contributed by atoms with Crippen LogP contribution >= 0.6 is 0 Å². The normalized spacial score (nSPS) is 12.1. The van der Waals surface area contributed by atoms with Crippen LogP contribution in [0.2, 0.25) is 0 Å². The molecule has 0 aromatic carbocycles. The van der Waals surface area contributed by atoms with Crippen molar-refractivity contribution in [2.75, 3.05) is 0 Å². The van der Waals surface area contributed by atoms with Gasteiger partial charge < -0.3 is 10.2 Å². The highest BCUT2D eigenvalue weighted by Gasteiger charge is 1.98. The van der Waals surface area contributed by atoms with Crippen molar-refractivity contribution in [2.45, 2.75) is 128 Å². The van der Waals surface area contributed by atoms with Crippen LogP contribution in [0.3, 0.4) is 0 Å². The maximum Gasteiger partial charge on any atom is 0.114 e. The van der Waals surface area contributed by atoms with Crippen LogP contribution in [-0.2, 0) is 0 Å². The lowest BCUT2D eigenvalue weighted by molar-refractivity contribution is 0.217. The van der Waals surface area contributed by atoms with Gasteiger partial charge in [-0.1, -0.05) is 87.2 Å². The Morgan fingerprint density at radius 1 is 0.500 bits per heavy atom. The number of aliphatic hydroxyl groups is 2. The number of allylic oxidation sites excluding steroid dienone is 2. The van der Waals surface area contributed by atoms with Crippen LogP contribution in [0.4, 0.5) is 0 Å². The van der Waals surface area contributed by atoms with Crippen molar-refractivity contribution in [2.24, 2.45) is 0 Å². The van der Waals surface area contributed by atoms with Gasteiger partial charge in [0.25, 0.3) is 0 Å². The Bertz CT molecular complexity index is 595. The first-order chi connectivity index (χ1) is 15.7. The number of rotatable bonds is 18. The Labute approximate surface area is 198 Å². The fraction of sp³-hybridized carbons (Fsp3) is 0.667. The van der Waals surface area contributed by atoms with E-state index in [-0.39, 0.29) is 0 Å². The zero-order valence-corrected chi connectivity index (χ0v) is 20.1. The van der Waals surface area contributed by atoms with Crippen molar-refractivity contribution < 1.29 is 10.2 Å². The summed E-state index contributed by atoms with van der Waals surface area (Å²) >= 11 is 0. The predicted molar refractivity (Wildman–Crippen MR) is 137 cm³/mol. The van der Waals surface area contributed by atoms with Crippen LogP contribution in [-0.4, -0.2) is 22.4 Å². The molecule has 32 heavy (non-hydrogen) atoms. The van der Waals surface area contributed by atoms with Gasteiger partial charge in [0.05, 0.1) is 0 Å². The van der Waals surface area contributed by atoms with Crippen LogP contribution in [0, 0.1) is 48.4 Å². The Balaban J connectivity index is 3.37. The lowest BCUT2D eigenvalue weighted by Gasteiger charge is -2.02. The topological polar surface area (TPSA) is 40.5 Å². The van der Waals surface area contributed by atoms with Crippen molar-refractivity contribution in [3.63, 3.8) is 0 Å². The summed E-state index contributed by atoms with van der Waals surface area (Å²) < 4.78 is 0. The van der Waals surface area contributed by atoms with Crippen molar-refractivity contribution in [1.29, 1.82) is 0 Å². The van der Waals surface area contributed by atoms with E-state index in [4.69, 9.17) is 12.8 Å². The van der Waals surface area contributed by atoms with Gasteiger partial charge in [-0.05, 0) is 38.5 Å². The van der Waals surface area contributed by atoms with Crippen molar-refractivity contribution in [3.8, 4) is 48.4 Å². The first-order valence-electron chi connectivity index (χ1n) is 12.6. The van der Waals surface area contributed by atoms with E-state index >= 15 is 0 Å². The molecule has 2 N–H and O–H groups in total. The molecule has 2 atom stereocenters. The van der Waals surface area contributed by atoms with Gasteiger partial charge >= 0.3 is 0 Å². The fourth-order valence-corrected chi connectivity index (χ4v) is 3.29. The van der Waals surface area contributed by atoms with Gasteiger partial charge in [-0.3, -0.25) is 0 Å². The minimum absolute atomic E-state index is 0.565.